The normalized spacial score (nSPS) is 12.6. The minimum Gasteiger partial charge on any atom is -0.457 e. The van der Waals surface area contributed by atoms with Crippen LogP contribution in [0.5, 0.6) is 11.5 Å². The van der Waals surface area contributed by atoms with Crippen LogP contribution in [0.25, 0.3) is 0 Å². The zero-order valence-corrected chi connectivity index (χ0v) is 17.7. The van der Waals surface area contributed by atoms with Gasteiger partial charge in [0.1, 0.15) is 17.3 Å². The number of ether oxygens (including phenoxy) is 1. The number of amides is 1. The van der Waals surface area contributed by atoms with Crippen LogP contribution >= 0.6 is 0 Å². The van der Waals surface area contributed by atoms with Gasteiger partial charge in [-0.2, -0.15) is 0 Å². The fourth-order valence-electron chi connectivity index (χ4n) is 3.67. The van der Waals surface area contributed by atoms with Crippen molar-refractivity contribution in [3.63, 3.8) is 0 Å². The molecular formula is C25H21N5O2. The van der Waals surface area contributed by atoms with Gasteiger partial charge in [0.2, 0.25) is 0 Å². The van der Waals surface area contributed by atoms with Gasteiger partial charge in [-0.3, -0.25) is 14.8 Å². The lowest BCUT2D eigenvalue weighted by Gasteiger charge is -2.16. The van der Waals surface area contributed by atoms with Crippen molar-refractivity contribution in [2.45, 2.75) is 20.4 Å². The Balaban J connectivity index is 1.31. The van der Waals surface area contributed by atoms with Gasteiger partial charge in [-0.15, -0.1) is 0 Å². The molecule has 0 aliphatic carbocycles. The van der Waals surface area contributed by atoms with Crippen molar-refractivity contribution in [1.82, 2.24) is 15.0 Å². The summed E-state index contributed by atoms with van der Waals surface area (Å²) < 4.78 is 5.88. The monoisotopic (exact) mass is 423 g/mol. The number of aromatic nitrogens is 3. The molecule has 1 aliphatic heterocycles. The Hall–Kier alpha value is -4.26. The molecule has 0 spiro atoms. The average molecular weight is 423 g/mol. The fraction of sp³-hybridized carbons (Fsp3) is 0.120. The maximum absolute atomic E-state index is 12.9. The van der Waals surface area contributed by atoms with Crippen molar-refractivity contribution in [2.75, 3.05) is 10.2 Å². The predicted molar refractivity (Wildman–Crippen MR) is 122 cm³/mol. The van der Waals surface area contributed by atoms with Gasteiger partial charge in [0.15, 0.2) is 0 Å². The van der Waals surface area contributed by atoms with Crippen LogP contribution < -0.4 is 15.0 Å². The zero-order chi connectivity index (χ0) is 22.1. The van der Waals surface area contributed by atoms with Crippen molar-refractivity contribution in [1.29, 1.82) is 0 Å². The molecule has 4 heterocycles. The zero-order valence-electron chi connectivity index (χ0n) is 17.7. The summed E-state index contributed by atoms with van der Waals surface area (Å²) in [5.41, 5.74) is 5.08. The van der Waals surface area contributed by atoms with E-state index in [0.717, 1.165) is 34.1 Å². The Labute approximate surface area is 185 Å². The van der Waals surface area contributed by atoms with E-state index < -0.39 is 0 Å². The Morgan fingerprint density at radius 3 is 2.38 bits per heavy atom. The Bertz CT molecular complexity index is 1300. The molecule has 4 aromatic rings. The molecule has 7 heteroatoms. The van der Waals surface area contributed by atoms with E-state index in [2.05, 4.69) is 20.3 Å². The van der Waals surface area contributed by atoms with Crippen LogP contribution in [0, 0.1) is 13.8 Å². The van der Waals surface area contributed by atoms with Crippen LogP contribution in [0.3, 0.4) is 0 Å². The predicted octanol–water partition coefficient (Wildman–Crippen LogP) is 5.18. The van der Waals surface area contributed by atoms with E-state index in [1.165, 1.54) is 0 Å². The van der Waals surface area contributed by atoms with Crippen molar-refractivity contribution in [3.8, 4) is 11.5 Å². The number of hydrogen-bond acceptors (Lipinski definition) is 6. The number of fused-ring (bicyclic) bond motifs is 1. The summed E-state index contributed by atoms with van der Waals surface area (Å²) in [4.78, 5) is 27.5. The van der Waals surface area contributed by atoms with Gasteiger partial charge in [0.25, 0.3) is 5.91 Å². The quantitative estimate of drug-likeness (QED) is 0.476. The smallest absolute Gasteiger partial charge is 0.260 e. The number of benzene rings is 1. The molecule has 3 aromatic heterocycles. The van der Waals surface area contributed by atoms with Gasteiger partial charge in [-0.05, 0) is 67.9 Å². The van der Waals surface area contributed by atoms with Crippen LogP contribution in [0.2, 0.25) is 0 Å². The second kappa shape index (κ2) is 8.11. The molecule has 0 saturated carbocycles. The Morgan fingerprint density at radius 1 is 0.875 bits per heavy atom. The lowest BCUT2D eigenvalue weighted by molar-refractivity contribution is 0.0996. The number of anilines is 3. The first kappa shape index (κ1) is 19.7. The molecule has 0 fully saturated rings. The molecule has 0 radical (unpaired) electrons. The summed E-state index contributed by atoms with van der Waals surface area (Å²) >= 11 is 0. The van der Waals surface area contributed by atoms with Crippen molar-refractivity contribution < 1.29 is 9.53 Å². The number of rotatable bonds is 5. The number of nitrogens with zero attached hydrogens (tertiary/aromatic N) is 4. The highest BCUT2D eigenvalue weighted by atomic mass is 16.5. The highest BCUT2D eigenvalue weighted by Crippen LogP contribution is 2.31. The summed E-state index contributed by atoms with van der Waals surface area (Å²) in [6.45, 7) is 4.34. The number of aryl methyl sites for hydroxylation is 2. The highest BCUT2D eigenvalue weighted by molar-refractivity contribution is 6.10. The molecular weight excluding hydrogens is 402 g/mol. The maximum atomic E-state index is 12.9. The van der Waals surface area contributed by atoms with Crippen LogP contribution in [0.1, 0.15) is 27.3 Å². The SMILES string of the molecule is Cc1cc(Nc2cc3c(cn2)C(=O)N(c2ccc(Oc4ccnc(C)c4)cc2)C3)ccn1. The molecule has 7 nitrogen and oxygen atoms in total. The molecule has 0 bridgehead atoms. The molecule has 0 saturated heterocycles. The molecule has 1 aromatic carbocycles. The molecule has 158 valence electrons. The molecule has 0 unspecified atom stereocenters. The minimum absolute atomic E-state index is 0.0581. The molecule has 1 N–H and O–H groups in total. The van der Waals surface area contributed by atoms with Gasteiger partial charge in [0, 0.05) is 47.4 Å². The Kier molecular flexibility index (Phi) is 4.99. The second-order valence-corrected chi connectivity index (χ2v) is 7.66. The van der Waals surface area contributed by atoms with Crippen LogP contribution in [0.4, 0.5) is 17.2 Å². The number of carbonyl (C=O) groups excluding carboxylic acids is 1. The van der Waals surface area contributed by atoms with Crippen molar-refractivity contribution in [3.05, 3.63) is 95.7 Å². The van der Waals surface area contributed by atoms with Crippen molar-refractivity contribution >= 4 is 23.1 Å². The van der Waals surface area contributed by atoms with Gasteiger partial charge in [-0.1, -0.05) is 0 Å². The lowest BCUT2D eigenvalue weighted by Crippen LogP contribution is -2.22. The molecule has 1 amide bonds. The summed E-state index contributed by atoms with van der Waals surface area (Å²) in [7, 11) is 0. The second-order valence-electron chi connectivity index (χ2n) is 7.66. The summed E-state index contributed by atoms with van der Waals surface area (Å²) in [6, 6.07) is 16.9. The first-order valence-electron chi connectivity index (χ1n) is 10.3. The summed E-state index contributed by atoms with van der Waals surface area (Å²) in [5, 5.41) is 3.28. The number of hydrogen-bond donors (Lipinski definition) is 1. The van der Waals surface area contributed by atoms with E-state index in [-0.39, 0.29) is 5.91 Å². The Morgan fingerprint density at radius 2 is 1.62 bits per heavy atom. The molecule has 1 aliphatic rings. The first-order valence-corrected chi connectivity index (χ1v) is 10.3. The van der Waals surface area contributed by atoms with E-state index >= 15 is 0 Å². The van der Waals surface area contributed by atoms with Gasteiger partial charge < -0.3 is 15.0 Å². The minimum atomic E-state index is -0.0581. The van der Waals surface area contributed by atoms with Crippen molar-refractivity contribution in [2.24, 2.45) is 0 Å². The largest absolute Gasteiger partial charge is 0.457 e. The fourth-order valence-corrected chi connectivity index (χ4v) is 3.67. The summed E-state index contributed by atoms with van der Waals surface area (Å²) in [5.74, 6) is 2.06. The average Bonchev–Trinajstić information content (AvgIpc) is 3.10. The van der Waals surface area contributed by atoms with E-state index in [9.17, 15) is 4.79 Å². The van der Waals surface area contributed by atoms with E-state index in [0.29, 0.717) is 23.7 Å². The van der Waals surface area contributed by atoms with Gasteiger partial charge >= 0.3 is 0 Å². The summed E-state index contributed by atoms with van der Waals surface area (Å²) in [6.07, 6.45) is 5.10. The third-order valence-electron chi connectivity index (χ3n) is 5.21. The highest BCUT2D eigenvalue weighted by Gasteiger charge is 2.29. The molecule has 5 rings (SSSR count). The third-order valence-corrected chi connectivity index (χ3v) is 5.21. The maximum Gasteiger partial charge on any atom is 0.260 e. The topological polar surface area (TPSA) is 80.2 Å². The standard InChI is InChI=1S/C25H21N5O2/c1-16-11-19(7-9-26-16)29-24-13-18-15-30(25(31)23(18)14-28-24)20-3-5-21(6-4-20)32-22-8-10-27-17(2)12-22/h3-14H,15H2,1-2H3,(H,26,28,29). The first-order chi connectivity index (χ1) is 15.5. The van der Waals surface area contributed by atoms with Gasteiger partial charge in [-0.25, -0.2) is 4.98 Å². The van der Waals surface area contributed by atoms with E-state index in [1.807, 2.05) is 68.4 Å². The number of nitrogens with one attached hydrogen (secondary N) is 1. The lowest BCUT2D eigenvalue weighted by atomic mass is 10.2. The third kappa shape index (κ3) is 4.00. The van der Waals surface area contributed by atoms with Crippen LogP contribution in [0.15, 0.2) is 73.2 Å². The number of pyridine rings is 3. The van der Waals surface area contributed by atoms with E-state index in [4.69, 9.17) is 4.74 Å². The van der Waals surface area contributed by atoms with Crippen LogP contribution in [-0.4, -0.2) is 20.9 Å². The number of carbonyl (C=O) groups is 1. The van der Waals surface area contributed by atoms with Gasteiger partial charge in [0.05, 0.1) is 12.1 Å². The van der Waals surface area contributed by atoms with Crippen LogP contribution in [-0.2, 0) is 6.54 Å². The van der Waals surface area contributed by atoms with E-state index in [1.54, 1.807) is 23.5 Å². The molecule has 32 heavy (non-hydrogen) atoms. The molecule has 0 atom stereocenters.